The summed E-state index contributed by atoms with van der Waals surface area (Å²) in [6.45, 7) is 3.85. The van der Waals surface area contributed by atoms with Crippen LogP contribution in [0.4, 0.5) is 11.4 Å². The minimum Gasteiger partial charge on any atom is -0.454 e. The Kier molecular flexibility index (Phi) is 7.64. The lowest BCUT2D eigenvalue weighted by Gasteiger charge is -2.19. The summed E-state index contributed by atoms with van der Waals surface area (Å²) in [6, 6.07) is 18.9. The summed E-state index contributed by atoms with van der Waals surface area (Å²) in [7, 11) is 0. The number of carbonyl (C=O) groups is 4. The molecule has 3 aromatic carbocycles. The molecule has 4 rings (SSSR count). The number of anilines is 2. The first kappa shape index (κ1) is 25.3. The largest absolute Gasteiger partial charge is 0.454 e. The number of benzene rings is 3. The molecular formula is C28H25BrN2O5. The second-order valence-electron chi connectivity index (χ2n) is 8.77. The molecule has 1 heterocycles. The lowest BCUT2D eigenvalue weighted by molar-refractivity contribution is -0.122. The molecule has 0 bridgehead atoms. The highest BCUT2D eigenvalue weighted by Gasteiger charge is 2.35. The van der Waals surface area contributed by atoms with Crippen molar-refractivity contribution in [1.29, 1.82) is 0 Å². The summed E-state index contributed by atoms with van der Waals surface area (Å²) in [4.78, 5) is 51.6. The SMILES string of the molecule is Cc1ccc(C)c(N2C[C@H](C(=O)Nc3ccc(C(=O)OCC(=O)c4ccc(Br)cc4)cc3)CC2=O)c1. The van der Waals surface area contributed by atoms with Gasteiger partial charge >= 0.3 is 5.97 Å². The fraction of sp³-hybridized carbons (Fsp3) is 0.214. The molecule has 1 aliphatic heterocycles. The van der Waals surface area contributed by atoms with Crippen LogP contribution in [0.5, 0.6) is 0 Å². The third kappa shape index (κ3) is 5.88. The Morgan fingerprint density at radius 1 is 0.972 bits per heavy atom. The van der Waals surface area contributed by atoms with Crippen LogP contribution in [0.1, 0.15) is 38.3 Å². The number of hydrogen-bond acceptors (Lipinski definition) is 5. The monoisotopic (exact) mass is 548 g/mol. The summed E-state index contributed by atoms with van der Waals surface area (Å²) < 4.78 is 5.98. The summed E-state index contributed by atoms with van der Waals surface area (Å²) in [5.41, 5.74) is 4.07. The highest BCUT2D eigenvalue weighted by molar-refractivity contribution is 9.10. The molecule has 7 nitrogen and oxygen atoms in total. The van der Waals surface area contributed by atoms with E-state index in [0.29, 0.717) is 17.8 Å². The van der Waals surface area contributed by atoms with Crippen LogP contribution in [-0.4, -0.2) is 36.7 Å². The lowest BCUT2D eigenvalue weighted by Crippen LogP contribution is -2.28. The smallest absolute Gasteiger partial charge is 0.338 e. The summed E-state index contributed by atoms with van der Waals surface area (Å²) in [6.07, 6.45) is 0.135. The first-order chi connectivity index (χ1) is 17.2. The number of amides is 2. The molecule has 2 amide bonds. The highest BCUT2D eigenvalue weighted by Crippen LogP contribution is 2.29. The number of esters is 1. The highest BCUT2D eigenvalue weighted by atomic mass is 79.9. The van der Waals surface area contributed by atoms with Crippen LogP contribution >= 0.6 is 15.9 Å². The molecule has 0 spiro atoms. The van der Waals surface area contributed by atoms with Gasteiger partial charge in [0.2, 0.25) is 11.8 Å². The van der Waals surface area contributed by atoms with Gasteiger partial charge in [-0.05, 0) is 67.4 Å². The Morgan fingerprint density at radius 3 is 2.33 bits per heavy atom. The minimum atomic E-state index is -0.635. The molecule has 0 aromatic heterocycles. The van der Waals surface area contributed by atoms with E-state index in [4.69, 9.17) is 4.74 Å². The van der Waals surface area contributed by atoms with Crippen molar-refractivity contribution in [2.75, 3.05) is 23.4 Å². The van der Waals surface area contributed by atoms with E-state index in [1.165, 1.54) is 12.1 Å². The van der Waals surface area contributed by atoms with E-state index in [2.05, 4.69) is 21.2 Å². The van der Waals surface area contributed by atoms with Gasteiger partial charge in [-0.15, -0.1) is 0 Å². The molecule has 1 saturated heterocycles. The van der Waals surface area contributed by atoms with Crippen molar-refractivity contribution in [3.8, 4) is 0 Å². The number of nitrogens with zero attached hydrogens (tertiary/aromatic N) is 1. The van der Waals surface area contributed by atoms with E-state index in [9.17, 15) is 19.2 Å². The first-order valence-electron chi connectivity index (χ1n) is 11.5. The van der Waals surface area contributed by atoms with Crippen LogP contribution in [0.3, 0.4) is 0 Å². The third-order valence-electron chi connectivity index (χ3n) is 6.04. The number of ketones is 1. The van der Waals surface area contributed by atoms with E-state index in [-0.39, 0.29) is 36.2 Å². The van der Waals surface area contributed by atoms with Crippen LogP contribution in [0.2, 0.25) is 0 Å². The molecule has 36 heavy (non-hydrogen) atoms. The van der Waals surface area contributed by atoms with Gasteiger partial charge in [0.25, 0.3) is 0 Å². The predicted octanol–water partition coefficient (Wildman–Crippen LogP) is 5.10. The van der Waals surface area contributed by atoms with Crippen molar-refractivity contribution in [1.82, 2.24) is 0 Å². The molecule has 1 atom stereocenters. The Morgan fingerprint density at radius 2 is 1.64 bits per heavy atom. The van der Waals surface area contributed by atoms with Crippen LogP contribution in [0.15, 0.2) is 71.2 Å². The number of nitrogens with one attached hydrogen (secondary N) is 1. The molecule has 1 aliphatic rings. The topological polar surface area (TPSA) is 92.8 Å². The normalized spacial score (nSPS) is 15.0. The Balaban J connectivity index is 1.32. The van der Waals surface area contributed by atoms with Crippen molar-refractivity contribution >= 4 is 50.9 Å². The van der Waals surface area contributed by atoms with Gasteiger partial charge < -0.3 is 15.0 Å². The average molecular weight is 549 g/mol. The van der Waals surface area contributed by atoms with Crippen molar-refractivity contribution in [2.24, 2.45) is 5.92 Å². The van der Waals surface area contributed by atoms with Gasteiger partial charge in [-0.1, -0.05) is 40.2 Å². The number of rotatable bonds is 7. The number of hydrogen-bond donors (Lipinski definition) is 1. The van der Waals surface area contributed by atoms with Gasteiger partial charge in [-0.2, -0.15) is 0 Å². The number of aryl methyl sites for hydroxylation is 2. The van der Waals surface area contributed by atoms with E-state index in [0.717, 1.165) is 21.3 Å². The number of halogens is 1. The molecule has 8 heteroatoms. The quantitative estimate of drug-likeness (QED) is 0.327. The van der Waals surface area contributed by atoms with E-state index in [1.807, 2.05) is 32.0 Å². The first-order valence-corrected chi connectivity index (χ1v) is 12.2. The third-order valence-corrected chi connectivity index (χ3v) is 6.57. The molecule has 0 saturated carbocycles. The van der Waals surface area contributed by atoms with E-state index < -0.39 is 11.9 Å². The number of carbonyl (C=O) groups excluding carboxylic acids is 4. The Bertz CT molecular complexity index is 1320. The lowest BCUT2D eigenvalue weighted by atomic mass is 10.1. The molecule has 0 aliphatic carbocycles. The minimum absolute atomic E-state index is 0.0837. The van der Waals surface area contributed by atoms with Gasteiger partial charge in [0.05, 0.1) is 11.5 Å². The molecule has 0 radical (unpaired) electrons. The fourth-order valence-electron chi connectivity index (χ4n) is 3.99. The summed E-state index contributed by atoms with van der Waals surface area (Å²) >= 11 is 3.31. The molecule has 184 valence electrons. The van der Waals surface area contributed by atoms with Crippen molar-refractivity contribution in [2.45, 2.75) is 20.3 Å². The second-order valence-corrected chi connectivity index (χ2v) is 9.68. The van der Waals surface area contributed by atoms with Gasteiger partial charge in [-0.25, -0.2) is 4.79 Å². The fourth-order valence-corrected chi connectivity index (χ4v) is 4.26. The van der Waals surface area contributed by atoms with Crippen LogP contribution in [0, 0.1) is 19.8 Å². The van der Waals surface area contributed by atoms with Gasteiger partial charge in [0.1, 0.15) is 0 Å². The zero-order valence-electron chi connectivity index (χ0n) is 19.9. The predicted molar refractivity (Wildman–Crippen MR) is 140 cm³/mol. The van der Waals surface area contributed by atoms with Crippen LogP contribution < -0.4 is 10.2 Å². The maximum absolute atomic E-state index is 12.8. The Labute approximate surface area is 217 Å². The van der Waals surface area contributed by atoms with E-state index in [1.54, 1.807) is 41.3 Å². The van der Waals surface area contributed by atoms with Crippen molar-refractivity contribution < 1.29 is 23.9 Å². The molecular weight excluding hydrogens is 524 g/mol. The number of Topliss-reactive ketones (excluding diaryl/α,β-unsaturated/α-hetero) is 1. The van der Waals surface area contributed by atoms with Gasteiger partial charge in [0.15, 0.2) is 12.4 Å². The second kappa shape index (κ2) is 10.9. The van der Waals surface area contributed by atoms with Crippen LogP contribution in [-0.2, 0) is 14.3 Å². The van der Waals surface area contributed by atoms with Crippen molar-refractivity contribution in [3.05, 3.63) is 93.5 Å². The maximum atomic E-state index is 12.8. The Hall–Kier alpha value is -3.78. The van der Waals surface area contributed by atoms with Crippen LogP contribution in [0.25, 0.3) is 0 Å². The molecule has 1 fully saturated rings. The van der Waals surface area contributed by atoms with Crippen molar-refractivity contribution in [3.63, 3.8) is 0 Å². The van der Waals surface area contributed by atoms with Gasteiger partial charge in [0, 0.05) is 34.4 Å². The molecule has 0 unspecified atom stereocenters. The summed E-state index contributed by atoms with van der Waals surface area (Å²) in [5, 5.41) is 2.82. The average Bonchev–Trinajstić information content (AvgIpc) is 3.26. The van der Waals surface area contributed by atoms with E-state index >= 15 is 0 Å². The zero-order valence-corrected chi connectivity index (χ0v) is 21.5. The zero-order chi connectivity index (χ0) is 25.8. The maximum Gasteiger partial charge on any atom is 0.338 e. The standard InChI is InChI=1S/C28H25BrN2O5/c1-17-3-4-18(2)24(13-17)31-15-21(14-26(31)33)27(34)30-23-11-7-20(8-12-23)28(35)36-16-25(32)19-5-9-22(29)10-6-19/h3-13,21H,14-16H2,1-2H3,(H,30,34)/t21-/m1/s1. The van der Waals surface area contributed by atoms with Gasteiger partial charge in [-0.3, -0.25) is 14.4 Å². The molecule has 3 aromatic rings. The molecule has 1 N–H and O–H groups in total. The number of ether oxygens (including phenoxy) is 1. The summed E-state index contributed by atoms with van der Waals surface area (Å²) in [5.74, 6) is -1.76.